The molecule has 0 aliphatic carbocycles. The fourth-order valence-corrected chi connectivity index (χ4v) is 3.81. The first-order valence-electron chi connectivity index (χ1n) is 9.61. The number of carboxylic acid groups (broad SMARTS) is 1. The quantitative estimate of drug-likeness (QED) is 0.603. The van der Waals surface area contributed by atoms with E-state index in [0.717, 1.165) is 41.9 Å². The van der Waals surface area contributed by atoms with Gasteiger partial charge in [0, 0.05) is 10.4 Å². The zero-order valence-electron chi connectivity index (χ0n) is 17.7. The van der Waals surface area contributed by atoms with E-state index in [1.807, 2.05) is 25.1 Å². The Labute approximate surface area is 186 Å². The Hall–Kier alpha value is -2.86. The van der Waals surface area contributed by atoms with E-state index in [-0.39, 0.29) is 11.9 Å². The lowest BCUT2D eigenvalue weighted by Crippen LogP contribution is -2.43. The second-order valence-corrected chi connectivity index (χ2v) is 7.99. The number of carboxylic acids is 1. The number of ether oxygens (including phenoxy) is 2. The molecule has 3 rings (SSSR count). The maximum atomic E-state index is 12.4. The SMILES string of the molecule is COc1ccc(-c2nc(NC(=O)[C@H]3CCCCN3)sc2C)cc1OC.O=C(O)C(F)(F)F. The molecule has 1 atom stereocenters. The molecule has 1 aromatic carbocycles. The number of thiazole rings is 1. The predicted octanol–water partition coefficient (Wildman–Crippen LogP) is 3.85. The summed E-state index contributed by atoms with van der Waals surface area (Å²) in [6, 6.07) is 5.58. The molecule has 0 saturated carbocycles. The minimum Gasteiger partial charge on any atom is -0.493 e. The number of methoxy groups -OCH3 is 2. The van der Waals surface area contributed by atoms with E-state index in [2.05, 4.69) is 15.6 Å². The number of anilines is 1. The number of aliphatic carboxylic acids is 1. The zero-order chi connectivity index (χ0) is 23.9. The maximum absolute atomic E-state index is 12.4. The van der Waals surface area contributed by atoms with E-state index in [4.69, 9.17) is 19.4 Å². The molecular formula is C20H24F3N3O5S. The minimum atomic E-state index is -5.08. The fraction of sp³-hybridized carbons (Fsp3) is 0.450. The molecule has 2 aromatic rings. The molecule has 32 heavy (non-hydrogen) atoms. The lowest BCUT2D eigenvalue weighted by atomic mass is 10.0. The highest BCUT2D eigenvalue weighted by Crippen LogP contribution is 2.36. The number of halogens is 3. The lowest BCUT2D eigenvalue weighted by Gasteiger charge is -2.21. The first-order valence-corrected chi connectivity index (χ1v) is 10.4. The molecule has 0 unspecified atom stereocenters. The lowest BCUT2D eigenvalue weighted by molar-refractivity contribution is -0.192. The predicted molar refractivity (Wildman–Crippen MR) is 113 cm³/mol. The van der Waals surface area contributed by atoms with Gasteiger partial charge in [-0.25, -0.2) is 9.78 Å². The fourth-order valence-electron chi connectivity index (χ4n) is 2.97. The average Bonchev–Trinajstić information content (AvgIpc) is 3.13. The summed E-state index contributed by atoms with van der Waals surface area (Å²) < 4.78 is 42.4. The van der Waals surface area contributed by atoms with Gasteiger partial charge in [0.2, 0.25) is 5.91 Å². The van der Waals surface area contributed by atoms with Crippen LogP contribution >= 0.6 is 11.3 Å². The number of rotatable bonds is 5. The number of hydrogen-bond donors (Lipinski definition) is 3. The molecule has 1 fully saturated rings. The number of aryl methyl sites for hydroxylation is 1. The van der Waals surface area contributed by atoms with Crippen LogP contribution in [0.25, 0.3) is 11.3 Å². The number of nitrogens with one attached hydrogen (secondary N) is 2. The monoisotopic (exact) mass is 475 g/mol. The summed E-state index contributed by atoms with van der Waals surface area (Å²) in [4.78, 5) is 26.9. The number of carbonyl (C=O) groups excluding carboxylic acids is 1. The smallest absolute Gasteiger partial charge is 0.490 e. The van der Waals surface area contributed by atoms with Gasteiger partial charge < -0.3 is 25.2 Å². The van der Waals surface area contributed by atoms with Gasteiger partial charge in [0.25, 0.3) is 0 Å². The van der Waals surface area contributed by atoms with Crippen LogP contribution < -0.4 is 20.1 Å². The van der Waals surface area contributed by atoms with Crippen LogP contribution in [0.3, 0.4) is 0 Å². The molecule has 176 valence electrons. The molecule has 2 heterocycles. The van der Waals surface area contributed by atoms with Crippen LogP contribution in [0.5, 0.6) is 11.5 Å². The summed E-state index contributed by atoms with van der Waals surface area (Å²) in [6.07, 6.45) is -2.00. The van der Waals surface area contributed by atoms with Crippen LogP contribution in [0.1, 0.15) is 24.1 Å². The molecular weight excluding hydrogens is 451 g/mol. The van der Waals surface area contributed by atoms with Gasteiger partial charge in [-0.15, -0.1) is 11.3 Å². The van der Waals surface area contributed by atoms with Crippen LogP contribution in [0, 0.1) is 6.92 Å². The average molecular weight is 475 g/mol. The number of carbonyl (C=O) groups is 2. The Kier molecular flexibility index (Phi) is 8.84. The summed E-state index contributed by atoms with van der Waals surface area (Å²) in [6.45, 7) is 2.89. The number of piperidine rings is 1. The normalized spacial score (nSPS) is 15.9. The Morgan fingerprint density at radius 1 is 1.22 bits per heavy atom. The zero-order valence-corrected chi connectivity index (χ0v) is 18.5. The second-order valence-electron chi connectivity index (χ2n) is 6.79. The van der Waals surface area contributed by atoms with E-state index >= 15 is 0 Å². The van der Waals surface area contributed by atoms with Crippen molar-refractivity contribution in [2.45, 2.75) is 38.4 Å². The molecule has 1 aliphatic rings. The summed E-state index contributed by atoms with van der Waals surface area (Å²) in [7, 11) is 3.22. The molecule has 1 aliphatic heterocycles. The van der Waals surface area contributed by atoms with Gasteiger partial charge in [-0.3, -0.25) is 4.79 Å². The summed E-state index contributed by atoms with van der Waals surface area (Å²) >= 11 is 1.48. The van der Waals surface area contributed by atoms with E-state index < -0.39 is 12.1 Å². The molecule has 12 heteroatoms. The number of hydrogen-bond acceptors (Lipinski definition) is 7. The van der Waals surface area contributed by atoms with Gasteiger partial charge in [0.1, 0.15) is 0 Å². The number of alkyl halides is 3. The molecule has 0 spiro atoms. The van der Waals surface area contributed by atoms with Crippen molar-refractivity contribution in [2.75, 3.05) is 26.1 Å². The van der Waals surface area contributed by atoms with E-state index in [1.54, 1.807) is 14.2 Å². The van der Waals surface area contributed by atoms with Gasteiger partial charge >= 0.3 is 12.1 Å². The first-order chi connectivity index (χ1) is 15.1. The molecule has 1 amide bonds. The topological polar surface area (TPSA) is 110 Å². The highest BCUT2D eigenvalue weighted by molar-refractivity contribution is 7.16. The van der Waals surface area contributed by atoms with Crippen molar-refractivity contribution in [1.82, 2.24) is 10.3 Å². The Bertz CT molecular complexity index is 943. The Balaban J connectivity index is 0.000000451. The standard InChI is InChI=1S/C18H23N3O3S.C2HF3O2/c1-11-16(12-7-8-14(23-2)15(10-12)24-3)20-18(25-11)21-17(22)13-6-4-5-9-19-13;3-2(4,5)1(6)7/h7-8,10,13,19H,4-6,9H2,1-3H3,(H,20,21,22);(H,6,7)/t13-;/m1./s1. The Morgan fingerprint density at radius 3 is 2.41 bits per heavy atom. The molecule has 0 bridgehead atoms. The van der Waals surface area contributed by atoms with Crippen LogP contribution in [0.15, 0.2) is 18.2 Å². The van der Waals surface area contributed by atoms with E-state index in [0.29, 0.717) is 16.6 Å². The number of amides is 1. The third-order valence-corrected chi connectivity index (χ3v) is 5.44. The number of aromatic nitrogens is 1. The number of benzene rings is 1. The molecule has 8 nitrogen and oxygen atoms in total. The van der Waals surface area contributed by atoms with Crippen LogP contribution in [-0.2, 0) is 9.59 Å². The summed E-state index contributed by atoms with van der Waals surface area (Å²) in [5.74, 6) is -1.43. The van der Waals surface area contributed by atoms with Gasteiger partial charge in [-0.05, 0) is 44.5 Å². The molecule has 1 aromatic heterocycles. The first kappa shape index (κ1) is 25.4. The minimum absolute atomic E-state index is 0.00712. The van der Waals surface area contributed by atoms with Gasteiger partial charge in [-0.2, -0.15) is 13.2 Å². The molecule has 1 saturated heterocycles. The summed E-state index contributed by atoms with van der Waals surface area (Å²) in [5.41, 5.74) is 1.78. The van der Waals surface area contributed by atoms with Crippen LogP contribution in [0.2, 0.25) is 0 Å². The maximum Gasteiger partial charge on any atom is 0.490 e. The van der Waals surface area contributed by atoms with Gasteiger partial charge in [-0.1, -0.05) is 6.42 Å². The summed E-state index contributed by atoms with van der Waals surface area (Å²) in [5, 5.41) is 13.9. The third kappa shape index (κ3) is 6.82. The third-order valence-electron chi connectivity index (χ3n) is 4.55. The van der Waals surface area contributed by atoms with Crippen molar-refractivity contribution in [3.8, 4) is 22.8 Å². The van der Waals surface area contributed by atoms with Crippen molar-refractivity contribution in [3.63, 3.8) is 0 Å². The Morgan fingerprint density at radius 2 is 1.88 bits per heavy atom. The largest absolute Gasteiger partial charge is 0.493 e. The molecule has 3 N–H and O–H groups in total. The van der Waals surface area contributed by atoms with Crippen molar-refractivity contribution >= 4 is 28.3 Å². The van der Waals surface area contributed by atoms with E-state index in [9.17, 15) is 18.0 Å². The van der Waals surface area contributed by atoms with E-state index in [1.165, 1.54) is 11.3 Å². The second kappa shape index (κ2) is 11.1. The molecule has 0 radical (unpaired) electrons. The van der Waals surface area contributed by atoms with Crippen molar-refractivity contribution in [1.29, 1.82) is 0 Å². The van der Waals surface area contributed by atoms with Gasteiger partial charge in [0.15, 0.2) is 16.6 Å². The highest BCUT2D eigenvalue weighted by atomic mass is 32.1. The van der Waals surface area contributed by atoms with Crippen LogP contribution in [0.4, 0.5) is 18.3 Å². The number of nitrogens with zero attached hydrogens (tertiary/aromatic N) is 1. The van der Waals surface area contributed by atoms with Crippen molar-refractivity contribution in [3.05, 3.63) is 23.1 Å². The van der Waals surface area contributed by atoms with Crippen molar-refractivity contribution in [2.24, 2.45) is 0 Å². The van der Waals surface area contributed by atoms with Crippen LogP contribution in [-0.4, -0.2) is 54.9 Å². The van der Waals surface area contributed by atoms with Gasteiger partial charge in [0.05, 0.1) is 26.0 Å². The van der Waals surface area contributed by atoms with Crippen molar-refractivity contribution < 1.29 is 37.3 Å². The highest BCUT2D eigenvalue weighted by Gasteiger charge is 2.38.